The van der Waals surface area contributed by atoms with Gasteiger partial charge in [-0.05, 0) is 41.4 Å². The number of rotatable bonds is 1. The lowest BCUT2D eigenvalue weighted by atomic mass is 10.2. The molecule has 0 spiro atoms. The second-order valence-electron chi connectivity index (χ2n) is 2.27. The van der Waals surface area contributed by atoms with Crippen LogP contribution in [0.3, 0.4) is 0 Å². The summed E-state index contributed by atoms with van der Waals surface area (Å²) in [6.07, 6.45) is -0.522. The molecule has 1 N–H and O–H groups in total. The van der Waals surface area contributed by atoms with E-state index < -0.39 is 6.10 Å². The molecule has 0 aliphatic carbocycles. The molecule has 10 heavy (non-hydrogen) atoms. The van der Waals surface area contributed by atoms with Gasteiger partial charge in [-0.15, -0.1) is 0 Å². The van der Waals surface area contributed by atoms with Gasteiger partial charge in [-0.1, -0.05) is 0 Å². The van der Waals surface area contributed by atoms with Gasteiger partial charge in [0, 0.05) is 0 Å². The zero-order chi connectivity index (χ0) is 7.72. The van der Waals surface area contributed by atoms with E-state index in [2.05, 4.69) is 15.9 Å². The number of aryl methyl sites for hydroxylation is 1. The summed E-state index contributed by atoms with van der Waals surface area (Å²) >= 11 is 3.17. The average Bonchev–Trinajstić information content (AvgIpc) is 2.10. The van der Waals surface area contributed by atoms with Crippen LogP contribution in [0.4, 0.5) is 0 Å². The molecule has 0 aromatic carbocycles. The quantitative estimate of drug-likeness (QED) is 0.763. The molecule has 0 unspecified atom stereocenters. The van der Waals surface area contributed by atoms with Crippen molar-refractivity contribution in [3.8, 4) is 0 Å². The van der Waals surface area contributed by atoms with E-state index in [1.165, 1.54) is 0 Å². The average molecular weight is 205 g/mol. The fourth-order valence-corrected chi connectivity index (χ4v) is 1.39. The lowest BCUT2D eigenvalue weighted by Crippen LogP contribution is -1.89. The molecule has 0 radical (unpaired) electrons. The van der Waals surface area contributed by atoms with Crippen LogP contribution in [-0.2, 0) is 0 Å². The van der Waals surface area contributed by atoms with Crippen molar-refractivity contribution >= 4 is 15.9 Å². The molecule has 2 nitrogen and oxygen atoms in total. The Morgan fingerprint density at radius 1 is 1.70 bits per heavy atom. The predicted octanol–water partition coefficient (Wildman–Crippen LogP) is 2.40. The fraction of sp³-hybridized carbons (Fsp3) is 0.429. The molecule has 3 heteroatoms. The Bertz CT molecular complexity index is 228. The first-order chi connectivity index (χ1) is 4.61. The van der Waals surface area contributed by atoms with Crippen LogP contribution in [0.25, 0.3) is 0 Å². The Morgan fingerprint density at radius 2 is 2.30 bits per heavy atom. The minimum Gasteiger partial charge on any atom is -0.451 e. The van der Waals surface area contributed by atoms with Crippen LogP contribution < -0.4 is 0 Å². The van der Waals surface area contributed by atoms with Crippen molar-refractivity contribution in [2.45, 2.75) is 20.0 Å². The van der Waals surface area contributed by atoms with E-state index in [9.17, 15) is 0 Å². The van der Waals surface area contributed by atoms with E-state index in [4.69, 9.17) is 9.52 Å². The summed E-state index contributed by atoms with van der Waals surface area (Å²) in [4.78, 5) is 0. The van der Waals surface area contributed by atoms with Crippen molar-refractivity contribution in [2.24, 2.45) is 0 Å². The first kappa shape index (κ1) is 7.82. The van der Waals surface area contributed by atoms with E-state index >= 15 is 0 Å². The molecule has 1 aromatic heterocycles. The highest BCUT2D eigenvalue weighted by molar-refractivity contribution is 9.10. The summed E-state index contributed by atoms with van der Waals surface area (Å²) < 4.78 is 5.81. The summed E-state index contributed by atoms with van der Waals surface area (Å²) in [6, 6.07) is 1.84. The number of hydrogen-bond acceptors (Lipinski definition) is 2. The second-order valence-corrected chi connectivity index (χ2v) is 3.06. The monoisotopic (exact) mass is 204 g/mol. The number of aliphatic hydroxyl groups is 1. The van der Waals surface area contributed by atoms with Gasteiger partial charge in [0.05, 0.1) is 0 Å². The smallest absolute Gasteiger partial charge is 0.169 e. The lowest BCUT2D eigenvalue weighted by molar-refractivity contribution is 0.167. The first-order valence-electron chi connectivity index (χ1n) is 3.05. The van der Waals surface area contributed by atoms with E-state index in [0.29, 0.717) is 10.4 Å². The van der Waals surface area contributed by atoms with Crippen LogP contribution >= 0.6 is 15.9 Å². The van der Waals surface area contributed by atoms with Crippen molar-refractivity contribution in [3.63, 3.8) is 0 Å². The fourth-order valence-electron chi connectivity index (χ4n) is 0.871. The molecule has 1 atom stereocenters. The van der Waals surface area contributed by atoms with Crippen LogP contribution in [0.1, 0.15) is 24.4 Å². The van der Waals surface area contributed by atoms with E-state index in [1.807, 2.05) is 13.0 Å². The van der Waals surface area contributed by atoms with Gasteiger partial charge in [0.2, 0.25) is 0 Å². The molecule has 0 saturated carbocycles. The maximum absolute atomic E-state index is 9.10. The molecule has 0 aliphatic heterocycles. The van der Waals surface area contributed by atoms with Crippen molar-refractivity contribution in [3.05, 3.63) is 22.1 Å². The van der Waals surface area contributed by atoms with Crippen LogP contribution in [-0.4, -0.2) is 5.11 Å². The van der Waals surface area contributed by atoms with Gasteiger partial charge in [-0.25, -0.2) is 0 Å². The topological polar surface area (TPSA) is 33.4 Å². The highest BCUT2D eigenvalue weighted by atomic mass is 79.9. The molecule has 0 bridgehead atoms. The number of aliphatic hydroxyl groups excluding tert-OH is 1. The first-order valence-corrected chi connectivity index (χ1v) is 3.84. The number of furan rings is 1. The van der Waals surface area contributed by atoms with Gasteiger partial charge in [-0.3, -0.25) is 0 Å². The second kappa shape index (κ2) is 2.76. The van der Waals surface area contributed by atoms with Gasteiger partial charge in [0.1, 0.15) is 11.9 Å². The minimum absolute atomic E-state index is 0.522. The Balaban J connectivity index is 3.03. The third kappa shape index (κ3) is 1.41. The third-order valence-electron chi connectivity index (χ3n) is 1.31. The Labute approximate surface area is 68.0 Å². The van der Waals surface area contributed by atoms with Crippen molar-refractivity contribution in [1.29, 1.82) is 0 Å². The van der Waals surface area contributed by atoms with E-state index in [0.717, 1.165) is 5.56 Å². The van der Waals surface area contributed by atoms with Crippen molar-refractivity contribution in [1.82, 2.24) is 0 Å². The summed E-state index contributed by atoms with van der Waals surface area (Å²) in [6.45, 7) is 3.58. The third-order valence-corrected chi connectivity index (χ3v) is 1.70. The van der Waals surface area contributed by atoms with Gasteiger partial charge >= 0.3 is 0 Å². The molecule has 1 aromatic rings. The van der Waals surface area contributed by atoms with Gasteiger partial charge < -0.3 is 9.52 Å². The highest BCUT2D eigenvalue weighted by Crippen LogP contribution is 2.24. The summed E-state index contributed by atoms with van der Waals surface area (Å²) in [5.74, 6) is 0.631. The van der Waals surface area contributed by atoms with Gasteiger partial charge in [-0.2, -0.15) is 0 Å². The van der Waals surface area contributed by atoms with Crippen LogP contribution in [0.2, 0.25) is 0 Å². The summed E-state index contributed by atoms with van der Waals surface area (Å²) in [5.41, 5.74) is 0.974. The SMILES string of the molecule is Cc1cc(Br)oc1[C@H](C)O. The molecule has 0 saturated heterocycles. The van der Waals surface area contributed by atoms with E-state index in [-0.39, 0.29) is 0 Å². The molecular formula is C7H9BrO2. The summed E-state index contributed by atoms with van der Waals surface area (Å²) in [7, 11) is 0. The summed E-state index contributed by atoms with van der Waals surface area (Å²) in [5, 5.41) is 9.10. The Hall–Kier alpha value is -0.280. The maximum atomic E-state index is 9.10. The molecular weight excluding hydrogens is 196 g/mol. The highest BCUT2D eigenvalue weighted by Gasteiger charge is 2.09. The number of hydrogen-bond donors (Lipinski definition) is 1. The van der Waals surface area contributed by atoms with Crippen LogP contribution in [0.5, 0.6) is 0 Å². The Kier molecular flexibility index (Phi) is 2.16. The van der Waals surface area contributed by atoms with E-state index in [1.54, 1.807) is 6.92 Å². The molecule has 56 valence electrons. The zero-order valence-corrected chi connectivity index (χ0v) is 7.47. The normalized spacial score (nSPS) is 13.6. The van der Waals surface area contributed by atoms with Gasteiger partial charge in [0.25, 0.3) is 0 Å². The molecule has 0 aliphatic rings. The molecule has 1 rings (SSSR count). The molecule has 1 heterocycles. The zero-order valence-electron chi connectivity index (χ0n) is 5.89. The van der Waals surface area contributed by atoms with Crippen molar-refractivity contribution in [2.75, 3.05) is 0 Å². The lowest BCUT2D eigenvalue weighted by Gasteiger charge is -1.98. The largest absolute Gasteiger partial charge is 0.451 e. The Morgan fingerprint density at radius 3 is 2.50 bits per heavy atom. The number of halogens is 1. The molecule has 0 fully saturated rings. The molecule has 0 amide bonds. The maximum Gasteiger partial charge on any atom is 0.169 e. The van der Waals surface area contributed by atoms with Crippen molar-refractivity contribution < 1.29 is 9.52 Å². The van der Waals surface area contributed by atoms with Crippen LogP contribution in [0, 0.1) is 6.92 Å². The standard InChI is InChI=1S/C7H9BrO2/c1-4-3-6(8)10-7(4)5(2)9/h3,5,9H,1-2H3/t5-/m0/s1. The minimum atomic E-state index is -0.522. The van der Waals surface area contributed by atoms with Crippen LogP contribution in [0.15, 0.2) is 15.2 Å². The van der Waals surface area contributed by atoms with Gasteiger partial charge in [0.15, 0.2) is 4.67 Å². The predicted molar refractivity (Wildman–Crippen MR) is 41.8 cm³/mol.